The lowest BCUT2D eigenvalue weighted by Gasteiger charge is -2.08. The number of methoxy groups -OCH3 is 1. The molecule has 2 N–H and O–H groups in total. The van der Waals surface area contributed by atoms with Gasteiger partial charge in [-0.05, 0) is 30.7 Å². The third kappa shape index (κ3) is 4.41. The van der Waals surface area contributed by atoms with Crippen LogP contribution >= 0.6 is 11.6 Å². The molecule has 140 valence electrons. The summed E-state index contributed by atoms with van der Waals surface area (Å²) >= 11 is 5.65. The number of halogens is 1. The van der Waals surface area contributed by atoms with Gasteiger partial charge in [0.1, 0.15) is 17.0 Å². The van der Waals surface area contributed by atoms with E-state index in [1.165, 1.54) is 0 Å². The summed E-state index contributed by atoms with van der Waals surface area (Å²) in [6.07, 6.45) is 0.814. The van der Waals surface area contributed by atoms with Gasteiger partial charge in [0.15, 0.2) is 0 Å². The largest absolute Gasteiger partial charge is 0.497 e. The number of hydrogen-bond donors (Lipinski definition) is 2. The van der Waals surface area contributed by atoms with Crippen molar-refractivity contribution < 1.29 is 18.7 Å². The first-order valence-corrected chi connectivity index (χ1v) is 8.98. The van der Waals surface area contributed by atoms with Crippen LogP contribution in [0.25, 0.3) is 11.0 Å². The maximum Gasteiger partial charge on any atom is 0.293 e. The molecule has 27 heavy (non-hydrogen) atoms. The number of furan rings is 1. The van der Waals surface area contributed by atoms with Gasteiger partial charge in [-0.15, -0.1) is 11.6 Å². The van der Waals surface area contributed by atoms with Gasteiger partial charge >= 0.3 is 0 Å². The minimum absolute atomic E-state index is 0.0400. The van der Waals surface area contributed by atoms with Crippen molar-refractivity contribution in [2.24, 2.45) is 0 Å². The van der Waals surface area contributed by atoms with Gasteiger partial charge in [-0.25, -0.2) is 0 Å². The van der Waals surface area contributed by atoms with Crippen LogP contribution in [0.5, 0.6) is 5.75 Å². The average Bonchev–Trinajstić information content (AvgIpc) is 3.05. The molecular weight excluding hydrogens is 368 g/mol. The summed E-state index contributed by atoms with van der Waals surface area (Å²) in [7, 11) is 1.55. The fourth-order valence-electron chi connectivity index (χ4n) is 2.65. The van der Waals surface area contributed by atoms with Crippen molar-refractivity contribution in [3.8, 4) is 5.75 Å². The van der Waals surface area contributed by atoms with Crippen molar-refractivity contribution >= 4 is 45.8 Å². The number of rotatable bonds is 7. The van der Waals surface area contributed by atoms with Gasteiger partial charge in [-0.2, -0.15) is 0 Å². The van der Waals surface area contributed by atoms with E-state index in [4.69, 9.17) is 20.8 Å². The molecule has 0 atom stereocenters. The second-order valence-corrected chi connectivity index (χ2v) is 6.21. The maximum atomic E-state index is 12.8. The van der Waals surface area contributed by atoms with E-state index in [1.54, 1.807) is 49.6 Å². The highest BCUT2D eigenvalue weighted by atomic mass is 35.5. The van der Waals surface area contributed by atoms with Gasteiger partial charge in [0.25, 0.3) is 5.91 Å². The van der Waals surface area contributed by atoms with Crippen LogP contribution in [0.3, 0.4) is 0 Å². The second-order valence-electron chi connectivity index (χ2n) is 5.83. The number of ether oxygens (including phenoxy) is 1. The van der Waals surface area contributed by atoms with Crippen LogP contribution < -0.4 is 15.4 Å². The molecule has 1 aromatic heterocycles. The summed E-state index contributed by atoms with van der Waals surface area (Å²) in [4.78, 5) is 25.0. The molecule has 0 unspecified atom stereocenters. The summed E-state index contributed by atoms with van der Waals surface area (Å²) in [6, 6.07) is 14.1. The van der Waals surface area contributed by atoms with Crippen LogP contribution in [0.1, 0.15) is 23.4 Å². The van der Waals surface area contributed by atoms with Crippen molar-refractivity contribution in [3.05, 3.63) is 54.3 Å². The highest BCUT2D eigenvalue weighted by molar-refractivity contribution is 6.18. The van der Waals surface area contributed by atoms with Crippen molar-refractivity contribution in [1.82, 2.24) is 0 Å². The van der Waals surface area contributed by atoms with Gasteiger partial charge in [0.2, 0.25) is 11.7 Å². The molecule has 0 aliphatic rings. The van der Waals surface area contributed by atoms with Crippen LogP contribution in [0.15, 0.2) is 52.9 Å². The smallest absolute Gasteiger partial charge is 0.293 e. The van der Waals surface area contributed by atoms with E-state index in [0.717, 1.165) is 0 Å². The Labute approximate surface area is 161 Å². The zero-order valence-corrected chi connectivity index (χ0v) is 15.5. The summed E-state index contributed by atoms with van der Waals surface area (Å²) in [5, 5.41) is 6.21. The van der Waals surface area contributed by atoms with Crippen LogP contribution in [-0.4, -0.2) is 24.8 Å². The molecule has 0 fully saturated rings. The first-order valence-electron chi connectivity index (χ1n) is 8.45. The zero-order valence-electron chi connectivity index (χ0n) is 14.8. The highest BCUT2D eigenvalue weighted by Gasteiger charge is 2.22. The average molecular weight is 387 g/mol. The summed E-state index contributed by atoms with van der Waals surface area (Å²) in [5.74, 6) is 0.359. The molecule has 0 bridgehead atoms. The van der Waals surface area contributed by atoms with E-state index in [9.17, 15) is 9.59 Å². The molecular formula is C20H19ClN2O4. The fourth-order valence-corrected chi connectivity index (χ4v) is 2.78. The van der Waals surface area contributed by atoms with Crippen LogP contribution in [0.2, 0.25) is 0 Å². The normalized spacial score (nSPS) is 10.6. The van der Waals surface area contributed by atoms with Crippen molar-refractivity contribution in [2.45, 2.75) is 12.8 Å². The van der Waals surface area contributed by atoms with Crippen LogP contribution in [0, 0.1) is 0 Å². The fraction of sp³-hybridized carbons (Fsp3) is 0.200. The minimum atomic E-state index is -0.466. The van der Waals surface area contributed by atoms with Gasteiger partial charge in [-0.1, -0.05) is 18.2 Å². The van der Waals surface area contributed by atoms with Crippen LogP contribution in [-0.2, 0) is 4.79 Å². The van der Waals surface area contributed by atoms with Crippen molar-refractivity contribution in [3.63, 3.8) is 0 Å². The van der Waals surface area contributed by atoms with E-state index < -0.39 is 5.91 Å². The number of alkyl halides is 1. The van der Waals surface area contributed by atoms with Gasteiger partial charge in [0, 0.05) is 29.4 Å². The highest BCUT2D eigenvalue weighted by Crippen LogP contribution is 2.32. The standard InChI is InChI=1S/C20H19ClN2O4/c1-26-14-7-4-6-13(12-14)22-20(25)19-18(23-17(24)10-5-11-21)15-8-2-3-9-16(15)27-19/h2-4,6-9,12H,5,10-11H2,1H3,(H,22,25)(H,23,24). The lowest BCUT2D eigenvalue weighted by atomic mass is 10.2. The Balaban J connectivity index is 1.91. The molecule has 0 aliphatic heterocycles. The molecule has 2 aromatic carbocycles. The van der Waals surface area contributed by atoms with E-state index >= 15 is 0 Å². The molecule has 1 heterocycles. The first-order chi connectivity index (χ1) is 13.1. The zero-order chi connectivity index (χ0) is 19.2. The predicted molar refractivity (Wildman–Crippen MR) is 106 cm³/mol. The van der Waals surface area contributed by atoms with Crippen molar-refractivity contribution in [2.75, 3.05) is 23.6 Å². The number of fused-ring (bicyclic) bond motifs is 1. The number of carbonyl (C=O) groups excluding carboxylic acids is 2. The lowest BCUT2D eigenvalue weighted by molar-refractivity contribution is -0.116. The van der Waals surface area contributed by atoms with Crippen molar-refractivity contribution in [1.29, 1.82) is 0 Å². The number of amides is 2. The van der Waals surface area contributed by atoms with Gasteiger partial charge in [0.05, 0.1) is 7.11 Å². The molecule has 6 nitrogen and oxygen atoms in total. The first kappa shape index (κ1) is 18.8. The summed E-state index contributed by atoms with van der Waals surface area (Å²) in [6.45, 7) is 0. The Hall–Kier alpha value is -2.99. The SMILES string of the molecule is COc1cccc(NC(=O)c2oc3ccccc3c2NC(=O)CCCCl)c1. The Morgan fingerprint density at radius 2 is 1.93 bits per heavy atom. The number of hydrogen-bond acceptors (Lipinski definition) is 4. The second kappa shape index (κ2) is 8.60. The van der Waals surface area contributed by atoms with Gasteiger partial charge < -0.3 is 19.8 Å². The molecule has 0 aliphatic carbocycles. The molecule has 2 amide bonds. The molecule has 0 saturated heterocycles. The Bertz CT molecular complexity index is 968. The Kier molecular flexibility index (Phi) is 5.98. The molecule has 7 heteroatoms. The van der Waals surface area contributed by atoms with Gasteiger partial charge in [-0.3, -0.25) is 9.59 Å². The molecule has 0 saturated carbocycles. The molecule has 3 aromatic rings. The van der Waals surface area contributed by atoms with E-state index in [1.807, 2.05) is 6.07 Å². The molecule has 0 radical (unpaired) electrons. The number of para-hydroxylation sites is 1. The number of anilines is 2. The summed E-state index contributed by atoms with van der Waals surface area (Å²) < 4.78 is 10.9. The number of benzene rings is 2. The molecule has 0 spiro atoms. The quantitative estimate of drug-likeness (QED) is 0.579. The monoisotopic (exact) mass is 386 g/mol. The number of carbonyl (C=O) groups is 2. The Morgan fingerprint density at radius 3 is 2.70 bits per heavy atom. The summed E-state index contributed by atoms with van der Waals surface area (Å²) in [5.41, 5.74) is 1.42. The third-order valence-corrected chi connectivity index (χ3v) is 4.20. The van der Waals surface area contributed by atoms with E-state index in [-0.39, 0.29) is 18.1 Å². The predicted octanol–water partition coefficient (Wildman–Crippen LogP) is 4.65. The molecule has 3 rings (SSSR count). The maximum absolute atomic E-state index is 12.8. The lowest BCUT2D eigenvalue weighted by Crippen LogP contribution is -2.17. The minimum Gasteiger partial charge on any atom is -0.497 e. The Morgan fingerprint density at radius 1 is 1.11 bits per heavy atom. The van der Waals surface area contributed by atoms with E-state index in [0.29, 0.717) is 40.4 Å². The third-order valence-electron chi connectivity index (χ3n) is 3.93. The van der Waals surface area contributed by atoms with Crippen LogP contribution in [0.4, 0.5) is 11.4 Å². The van der Waals surface area contributed by atoms with E-state index in [2.05, 4.69) is 10.6 Å². The number of nitrogens with one attached hydrogen (secondary N) is 2. The topological polar surface area (TPSA) is 80.6 Å².